The first-order valence-electron chi connectivity index (χ1n) is 12.4. The average Bonchev–Trinajstić information content (AvgIpc) is 3.62. The number of H-pyrrole nitrogens is 1. The van der Waals surface area contributed by atoms with Crippen LogP contribution in [0.2, 0.25) is 0 Å². The van der Waals surface area contributed by atoms with Gasteiger partial charge in [0.2, 0.25) is 5.95 Å². The Bertz CT molecular complexity index is 1660. The van der Waals surface area contributed by atoms with Crippen molar-refractivity contribution < 1.29 is 33.5 Å². The molecule has 4 aromatic heterocycles. The third-order valence-corrected chi connectivity index (χ3v) is 8.18. The normalized spacial score (nSPS) is 30.7. The van der Waals surface area contributed by atoms with E-state index in [1.807, 2.05) is 0 Å². The average molecular weight is 578 g/mol. The van der Waals surface area contributed by atoms with Crippen molar-refractivity contribution in [3.63, 3.8) is 0 Å². The summed E-state index contributed by atoms with van der Waals surface area (Å²) in [5, 5.41) is 22.0. The first kappa shape index (κ1) is 26.7. The Balaban J connectivity index is 1.22. The highest BCUT2D eigenvalue weighted by Crippen LogP contribution is 2.49. The van der Waals surface area contributed by atoms with Crippen LogP contribution in [0.1, 0.15) is 38.1 Å². The first-order valence-corrected chi connectivity index (χ1v) is 13.9. The van der Waals surface area contributed by atoms with Crippen molar-refractivity contribution in [1.29, 1.82) is 0 Å². The number of nitrogens with zero attached hydrogens (tertiary/aromatic N) is 7. The molecule has 18 nitrogen and oxygen atoms in total. The number of aliphatic hydroxyl groups is 2. The van der Waals surface area contributed by atoms with E-state index in [9.17, 15) is 24.5 Å². The van der Waals surface area contributed by atoms with Crippen LogP contribution in [0, 0.1) is 5.92 Å². The second-order valence-corrected chi connectivity index (χ2v) is 11.1. The molecule has 8 N–H and O–H groups in total. The summed E-state index contributed by atoms with van der Waals surface area (Å²) in [5.74, 6) is -0.0954. The van der Waals surface area contributed by atoms with Crippen molar-refractivity contribution in [1.82, 2.24) is 39.0 Å². The van der Waals surface area contributed by atoms with Crippen LogP contribution in [0.25, 0.3) is 22.3 Å². The second kappa shape index (κ2) is 10.2. The van der Waals surface area contributed by atoms with Crippen LogP contribution >= 0.6 is 7.82 Å². The van der Waals surface area contributed by atoms with Crippen molar-refractivity contribution in [3.8, 4) is 0 Å². The van der Waals surface area contributed by atoms with Gasteiger partial charge < -0.3 is 31.3 Å². The van der Waals surface area contributed by atoms with Crippen molar-refractivity contribution in [2.45, 2.75) is 56.5 Å². The molecule has 2 unspecified atom stereocenters. The lowest BCUT2D eigenvalue weighted by Gasteiger charge is -2.29. The summed E-state index contributed by atoms with van der Waals surface area (Å²) in [5.41, 5.74) is 11.6. The second-order valence-electron chi connectivity index (χ2n) is 9.73. The van der Waals surface area contributed by atoms with Crippen molar-refractivity contribution in [2.24, 2.45) is 5.92 Å². The first-order chi connectivity index (χ1) is 19.1. The number of hydrogen-bond acceptors (Lipinski definition) is 14. The fourth-order valence-electron chi connectivity index (χ4n) is 5.24. The number of aromatic amines is 1. The number of anilines is 2. The van der Waals surface area contributed by atoms with Crippen molar-refractivity contribution in [3.05, 3.63) is 29.3 Å². The van der Waals surface area contributed by atoms with Crippen molar-refractivity contribution >= 4 is 41.9 Å². The third-order valence-electron chi connectivity index (χ3n) is 7.20. The fourth-order valence-corrected chi connectivity index (χ4v) is 6.20. The molecule has 19 heteroatoms. The van der Waals surface area contributed by atoms with Crippen molar-refractivity contribution in [2.75, 3.05) is 18.1 Å². The number of aliphatic hydroxyl groups excluding tert-OH is 2. The number of phosphoric acid groups is 1. The van der Waals surface area contributed by atoms with E-state index in [0.29, 0.717) is 30.4 Å². The van der Waals surface area contributed by atoms with Gasteiger partial charge >= 0.3 is 7.82 Å². The predicted molar refractivity (Wildman–Crippen MR) is 136 cm³/mol. The molecule has 2 saturated heterocycles. The molecule has 4 aromatic rings. The summed E-state index contributed by atoms with van der Waals surface area (Å²) in [6, 6.07) is 0. The lowest BCUT2D eigenvalue weighted by atomic mass is 9.93. The van der Waals surface area contributed by atoms with Crippen LogP contribution < -0.4 is 17.0 Å². The van der Waals surface area contributed by atoms with Gasteiger partial charge in [-0.25, -0.2) is 24.5 Å². The van der Waals surface area contributed by atoms with Gasteiger partial charge in [0, 0.05) is 0 Å². The molecule has 7 atom stereocenters. The summed E-state index contributed by atoms with van der Waals surface area (Å²) in [4.78, 5) is 45.3. The summed E-state index contributed by atoms with van der Waals surface area (Å²) in [7, 11) is -4.83. The molecule has 0 bridgehead atoms. The highest BCUT2D eigenvalue weighted by atomic mass is 31.2. The fraction of sp³-hybridized carbons (Fsp3) is 0.524. The van der Waals surface area contributed by atoms with E-state index in [-0.39, 0.29) is 41.9 Å². The molecule has 0 aliphatic carbocycles. The summed E-state index contributed by atoms with van der Waals surface area (Å²) in [6.45, 7) is -0.293. The van der Waals surface area contributed by atoms with Crippen LogP contribution in [-0.2, 0) is 18.3 Å². The van der Waals surface area contributed by atoms with Crippen LogP contribution in [0.15, 0.2) is 23.8 Å². The Morgan fingerprint density at radius 3 is 2.75 bits per heavy atom. The number of fused-ring (bicyclic) bond motifs is 3. The molecule has 0 saturated carbocycles. The lowest BCUT2D eigenvalue weighted by Crippen LogP contribution is -2.37. The minimum Gasteiger partial charge on any atom is -0.390 e. The molecule has 40 heavy (non-hydrogen) atoms. The Hall–Kier alpha value is -3.51. The minimum absolute atomic E-state index is 0.0967. The maximum Gasteiger partial charge on any atom is 0.472 e. The number of ether oxygens (including phenoxy) is 1. The SMILES string of the molecule is Nc1nc2c(ncn2[C@H](O)[C@@H]2OP(=O)(O)OC[C@H]3O[C@@H](n4cnc5c(N)ncnc54)C[C@@H]3CCCC2O)c(=O)[nH]1. The number of phosphoric ester groups is 1. The highest BCUT2D eigenvalue weighted by molar-refractivity contribution is 7.47. The van der Waals surface area contributed by atoms with Gasteiger partial charge in [0.15, 0.2) is 28.9 Å². The van der Waals surface area contributed by atoms with Gasteiger partial charge in [0.1, 0.15) is 24.2 Å². The summed E-state index contributed by atoms with van der Waals surface area (Å²) < 4.78 is 32.5. The van der Waals surface area contributed by atoms with Gasteiger partial charge in [-0.1, -0.05) is 6.42 Å². The quantitative estimate of drug-likeness (QED) is 0.168. The Morgan fingerprint density at radius 1 is 1.12 bits per heavy atom. The zero-order chi connectivity index (χ0) is 28.2. The van der Waals surface area contributed by atoms with E-state index in [0.717, 1.165) is 10.9 Å². The van der Waals surface area contributed by atoms with Crippen LogP contribution in [0.5, 0.6) is 0 Å². The van der Waals surface area contributed by atoms with Gasteiger partial charge in [-0.15, -0.1) is 0 Å². The van der Waals surface area contributed by atoms with E-state index in [1.165, 1.54) is 6.33 Å². The maximum atomic E-state index is 13.0. The molecular weight excluding hydrogens is 551 g/mol. The van der Waals surface area contributed by atoms with Crippen LogP contribution in [-0.4, -0.2) is 79.1 Å². The third kappa shape index (κ3) is 4.83. The molecule has 214 valence electrons. The molecule has 6 heterocycles. The van der Waals surface area contributed by atoms with E-state index >= 15 is 0 Å². The Kier molecular flexibility index (Phi) is 6.78. The Morgan fingerprint density at radius 2 is 1.93 bits per heavy atom. The number of rotatable bonds is 3. The van der Waals surface area contributed by atoms with Gasteiger partial charge in [0.05, 0.1) is 31.5 Å². The van der Waals surface area contributed by atoms with Gasteiger partial charge in [-0.3, -0.25) is 28.0 Å². The van der Waals surface area contributed by atoms with E-state index in [4.69, 9.17) is 25.3 Å². The van der Waals surface area contributed by atoms with Gasteiger partial charge in [-0.2, -0.15) is 4.98 Å². The maximum absolute atomic E-state index is 13.0. The lowest BCUT2D eigenvalue weighted by molar-refractivity contribution is -0.0922. The van der Waals surface area contributed by atoms with Crippen LogP contribution in [0.3, 0.4) is 0 Å². The monoisotopic (exact) mass is 578 g/mol. The predicted octanol–water partition coefficient (Wildman–Crippen LogP) is -0.435. The molecule has 0 aromatic carbocycles. The smallest absolute Gasteiger partial charge is 0.390 e. The number of imidazole rings is 2. The summed E-state index contributed by atoms with van der Waals surface area (Å²) in [6.07, 6.45) is -0.223. The van der Waals surface area contributed by atoms with Gasteiger partial charge in [-0.05, 0) is 25.2 Å². The largest absolute Gasteiger partial charge is 0.472 e. The zero-order valence-corrected chi connectivity index (χ0v) is 21.7. The van der Waals surface area contributed by atoms with E-state index in [1.54, 1.807) is 10.9 Å². The van der Waals surface area contributed by atoms with Crippen LogP contribution in [0.4, 0.5) is 11.8 Å². The standard InChI is InChI=1S/C21H27N10O8P/c22-16-13-17(25-6-24-16)30(7-26-13)12-4-9-2-1-3-10(32)15(39-40(35,36)37-5-11(9)38-12)20(34)31-8-27-14-18(31)28-21(23)29-19(14)33/h6-12,15,20,32,34H,1-5H2,(H,35,36)(H2,22,24,25)(H3,23,28,29,33)/t9-,10?,11+,12+,15+,20+/m0/s1. The molecular formula is C21H27N10O8P. The molecule has 2 aliphatic heterocycles. The minimum atomic E-state index is -4.83. The summed E-state index contributed by atoms with van der Waals surface area (Å²) >= 11 is 0. The number of aromatic nitrogens is 8. The van der Waals surface area contributed by atoms with E-state index < -0.39 is 44.1 Å². The topological polar surface area (TPSA) is 265 Å². The molecule has 0 radical (unpaired) electrons. The molecule has 2 aliphatic rings. The van der Waals surface area contributed by atoms with Gasteiger partial charge in [0.25, 0.3) is 5.56 Å². The molecule has 2 fully saturated rings. The zero-order valence-electron chi connectivity index (χ0n) is 20.8. The molecule has 6 rings (SSSR count). The number of nitrogen functional groups attached to an aromatic ring is 2. The number of nitrogens with one attached hydrogen (secondary N) is 1. The number of hydrogen-bond donors (Lipinski definition) is 6. The molecule has 0 spiro atoms. The highest BCUT2D eigenvalue weighted by Gasteiger charge is 2.42. The molecule has 0 amide bonds. The van der Waals surface area contributed by atoms with E-state index in [2.05, 4.69) is 29.9 Å². The Labute approximate surface area is 224 Å². The number of nitrogens with two attached hydrogens (primary N) is 2.